The molecule has 1 amide bonds. The molecule has 2 atom stereocenters. The number of carbonyl (C=O) groups is 1. The first-order valence-electron chi connectivity index (χ1n) is 8.87. The number of amides is 1. The van der Waals surface area contributed by atoms with Crippen molar-refractivity contribution in [2.75, 3.05) is 23.6 Å². The molecule has 0 spiro atoms. The zero-order chi connectivity index (χ0) is 19.0. The zero-order valence-electron chi connectivity index (χ0n) is 14.9. The standard InChI is InChI=1S/C17H21N5O4S/c1-2-27(24,25)19-13-5-3-12(4-6-13)17(23)21-8-7-16-15(10-21)22-14(11-26-16)9-18-20-22/h3-6,9,15-16,19H,2,7-8,10-11H2,1H3. The van der Waals surface area contributed by atoms with Gasteiger partial charge in [-0.3, -0.25) is 9.52 Å². The second-order valence-corrected chi connectivity index (χ2v) is 8.72. The summed E-state index contributed by atoms with van der Waals surface area (Å²) < 4.78 is 33.5. The normalized spacial score (nSPS) is 22.0. The SMILES string of the molecule is CCS(=O)(=O)Nc1ccc(C(=O)N2CCC3OCc4cnnn4C3C2)cc1. The average molecular weight is 391 g/mol. The molecule has 1 aromatic carbocycles. The van der Waals surface area contributed by atoms with Crippen LogP contribution in [0.5, 0.6) is 0 Å². The number of nitrogens with zero attached hydrogens (tertiary/aromatic N) is 4. The van der Waals surface area contributed by atoms with E-state index in [0.717, 1.165) is 12.1 Å². The average Bonchev–Trinajstić information content (AvgIpc) is 3.17. The van der Waals surface area contributed by atoms with Crippen LogP contribution in [0.25, 0.3) is 0 Å². The molecule has 9 nitrogen and oxygen atoms in total. The summed E-state index contributed by atoms with van der Waals surface area (Å²) in [5, 5.41) is 8.09. The van der Waals surface area contributed by atoms with E-state index in [1.807, 2.05) is 4.68 Å². The smallest absolute Gasteiger partial charge is 0.253 e. The van der Waals surface area contributed by atoms with Crippen molar-refractivity contribution >= 4 is 21.6 Å². The van der Waals surface area contributed by atoms with Gasteiger partial charge in [-0.25, -0.2) is 13.1 Å². The summed E-state index contributed by atoms with van der Waals surface area (Å²) in [6, 6.07) is 6.45. The molecule has 1 N–H and O–H groups in total. The molecule has 2 aliphatic heterocycles. The molecular weight excluding hydrogens is 370 g/mol. The lowest BCUT2D eigenvalue weighted by Crippen LogP contribution is -2.49. The summed E-state index contributed by atoms with van der Waals surface area (Å²) in [6.07, 6.45) is 2.46. The molecule has 0 saturated carbocycles. The second-order valence-electron chi connectivity index (χ2n) is 6.71. The number of benzene rings is 1. The Morgan fingerprint density at radius 2 is 2.11 bits per heavy atom. The number of fused-ring (bicyclic) bond motifs is 3. The minimum atomic E-state index is -3.34. The fourth-order valence-corrected chi connectivity index (χ4v) is 4.12. The molecule has 144 valence electrons. The molecular formula is C17H21N5O4S. The first kappa shape index (κ1) is 17.9. The zero-order valence-corrected chi connectivity index (χ0v) is 15.7. The fraction of sp³-hybridized carbons (Fsp3) is 0.471. The van der Waals surface area contributed by atoms with E-state index >= 15 is 0 Å². The van der Waals surface area contributed by atoms with Crippen LogP contribution in [0.2, 0.25) is 0 Å². The maximum atomic E-state index is 12.9. The minimum absolute atomic E-state index is 0.00361. The Labute approximate surface area is 157 Å². The molecule has 1 aromatic heterocycles. The molecule has 1 saturated heterocycles. The Morgan fingerprint density at radius 1 is 1.33 bits per heavy atom. The van der Waals surface area contributed by atoms with E-state index in [2.05, 4.69) is 15.0 Å². The number of ether oxygens (including phenoxy) is 1. The van der Waals surface area contributed by atoms with Crippen LogP contribution in [0.15, 0.2) is 30.5 Å². The van der Waals surface area contributed by atoms with Crippen LogP contribution in [0.1, 0.15) is 35.4 Å². The Morgan fingerprint density at radius 3 is 2.85 bits per heavy atom. The van der Waals surface area contributed by atoms with Gasteiger partial charge in [0.15, 0.2) is 0 Å². The Hall–Kier alpha value is -2.46. The van der Waals surface area contributed by atoms with Crippen LogP contribution in [0.3, 0.4) is 0 Å². The Bertz CT molecular complexity index is 940. The highest BCUT2D eigenvalue weighted by Crippen LogP contribution is 2.30. The quantitative estimate of drug-likeness (QED) is 0.834. The molecule has 10 heteroatoms. The number of rotatable bonds is 4. The van der Waals surface area contributed by atoms with Gasteiger partial charge in [0, 0.05) is 24.3 Å². The molecule has 4 rings (SSSR count). The number of hydrogen-bond donors (Lipinski definition) is 1. The summed E-state index contributed by atoms with van der Waals surface area (Å²) in [7, 11) is -3.34. The van der Waals surface area contributed by atoms with Gasteiger partial charge in [0.05, 0.1) is 36.4 Å². The van der Waals surface area contributed by atoms with E-state index in [9.17, 15) is 13.2 Å². The molecule has 2 unspecified atom stereocenters. The van der Waals surface area contributed by atoms with Gasteiger partial charge in [0.25, 0.3) is 5.91 Å². The highest BCUT2D eigenvalue weighted by Gasteiger charge is 2.38. The maximum absolute atomic E-state index is 12.9. The van der Waals surface area contributed by atoms with Crippen LogP contribution in [-0.2, 0) is 21.4 Å². The summed E-state index contributed by atoms with van der Waals surface area (Å²) in [5.74, 6) is -0.0957. The van der Waals surface area contributed by atoms with Crippen LogP contribution in [0.4, 0.5) is 5.69 Å². The summed E-state index contributed by atoms with van der Waals surface area (Å²) in [6.45, 7) is 3.18. The lowest BCUT2D eigenvalue weighted by Gasteiger charge is -2.41. The summed E-state index contributed by atoms with van der Waals surface area (Å²) >= 11 is 0. The van der Waals surface area contributed by atoms with Crippen molar-refractivity contribution in [1.29, 1.82) is 0 Å². The summed E-state index contributed by atoms with van der Waals surface area (Å²) in [4.78, 5) is 14.7. The van der Waals surface area contributed by atoms with Gasteiger partial charge in [-0.1, -0.05) is 5.21 Å². The third-order valence-electron chi connectivity index (χ3n) is 5.00. The number of nitrogens with one attached hydrogen (secondary N) is 1. The van der Waals surface area contributed by atoms with Gasteiger partial charge in [-0.2, -0.15) is 0 Å². The number of aromatic nitrogens is 3. The van der Waals surface area contributed by atoms with Gasteiger partial charge in [0.1, 0.15) is 0 Å². The first-order chi connectivity index (χ1) is 13.0. The molecule has 1 fully saturated rings. The van der Waals surface area contributed by atoms with E-state index in [4.69, 9.17) is 4.74 Å². The first-order valence-corrected chi connectivity index (χ1v) is 10.5. The van der Waals surface area contributed by atoms with Crippen molar-refractivity contribution in [3.8, 4) is 0 Å². The predicted octanol–water partition coefficient (Wildman–Crippen LogP) is 1.03. The topological polar surface area (TPSA) is 106 Å². The molecule has 0 radical (unpaired) electrons. The maximum Gasteiger partial charge on any atom is 0.253 e. The van der Waals surface area contributed by atoms with E-state index < -0.39 is 10.0 Å². The van der Waals surface area contributed by atoms with E-state index in [0.29, 0.717) is 30.9 Å². The monoisotopic (exact) mass is 391 g/mol. The lowest BCUT2D eigenvalue weighted by atomic mass is 9.99. The third kappa shape index (κ3) is 3.54. The van der Waals surface area contributed by atoms with Crippen LogP contribution < -0.4 is 4.72 Å². The van der Waals surface area contributed by atoms with Crippen molar-refractivity contribution in [3.63, 3.8) is 0 Å². The van der Waals surface area contributed by atoms with Gasteiger partial charge in [-0.15, -0.1) is 5.10 Å². The molecule has 2 aromatic rings. The number of piperidine rings is 1. The number of carbonyl (C=O) groups excluding carboxylic acids is 1. The van der Waals surface area contributed by atoms with Crippen LogP contribution in [0, 0.1) is 0 Å². The fourth-order valence-electron chi connectivity index (χ4n) is 3.48. The van der Waals surface area contributed by atoms with Gasteiger partial charge < -0.3 is 9.64 Å². The van der Waals surface area contributed by atoms with Crippen molar-refractivity contribution in [2.24, 2.45) is 0 Å². The molecule has 2 aliphatic rings. The minimum Gasteiger partial charge on any atom is -0.370 e. The third-order valence-corrected chi connectivity index (χ3v) is 6.31. The highest BCUT2D eigenvalue weighted by atomic mass is 32.2. The number of sulfonamides is 1. The molecule has 0 bridgehead atoms. The Kier molecular flexibility index (Phi) is 4.60. The second kappa shape index (κ2) is 6.93. The number of anilines is 1. The highest BCUT2D eigenvalue weighted by molar-refractivity contribution is 7.92. The van der Waals surface area contributed by atoms with Crippen molar-refractivity contribution in [1.82, 2.24) is 19.9 Å². The summed E-state index contributed by atoms with van der Waals surface area (Å²) in [5.41, 5.74) is 1.88. The number of likely N-dealkylation sites (tertiary alicyclic amines) is 1. The number of hydrogen-bond acceptors (Lipinski definition) is 6. The largest absolute Gasteiger partial charge is 0.370 e. The van der Waals surface area contributed by atoms with Crippen LogP contribution >= 0.6 is 0 Å². The van der Waals surface area contributed by atoms with E-state index in [1.165, 1.54) is 0 Å². The van der Waals surface area contributed by atoms with Crippen molar-refractivity contribution < 1.29 is 17.9 Å². The van der Waals surface area contributed by atoms with Gasteiger partial charge >= 0.3 is 0 Å². The van der Waals surface area contributed by atoms with Crippen molar-refractivity contribution in [2.45, 2.75) is 32.1 Å². The van der Waals surface area contributed by atoms with E-state index in [1.54, 1.807) is 42.3 Å². The predicted molar refractivity (Wildman–Crippen MR) is 97.7 cm³/mol. The van der Waals surface area contributed by atoms with Crippen molar-refractivity contribution in [3.05, 3.63) is 41.7 Å². The molecule has 27 heavy (non-hydrogen) atoms. The lowest BCUT2D eigenvalue weighted by molar-refractivity contribution is -0.0605. The van der Waals surface area contributed by atoms with Crippen LogP contribution in [-0.4, -0.2) is 59.2 Å². The van der Waals surface area contributed by atoms with Gasteiger partial charge in [0.2, 0.25) is 10.0 Å². The van der Waals surface area contributed by atoms with E-state index in [-0.39, 0.29) is 23.8 Å². The molecule has 0 aliphatic carbocycles. The van der Waals surface area contributed by atoms with Gasteiger partial charge in [-0.05, 0) is 37.6 Å². The Balaban J connectivity index is 1.47. The molecule has 3 heterocycles.